The minimum atomic E-state index is -0.0268. The molecule has 5 nitrogen and oxygen atoms in total. The van der Waals surface area contributed by atoms with E-state index in [1.165, 1.54) is 4.88 Å². The molecule has 22 heavy (non-hydrogen) atoms. The van der Waals surface area contributed by atoms with E-state index in [1.807, 2.05) is 23.1 Å². The van der Waals surface area contributed by atoms with E-state index < -0.39 is 0 Å². The molecular formula is C16H17N5S. The number of nitrogens with two attached hydrogens (primary N) is 1. The Balaban J connectivity index is 1.72. The van der Waals surface area contributed by atoms with E-state index in [2.05, 4.69) is 46.4 Å². The summed E-state index contributed by atoms with van der Waals surface area (Å²) in [6.45, 7) is 0. The van der Waals surface area contributed by atoms with Gasteiger partial charge in [-0.15, -0.1) is 16.9 Å². The summed E-state index contributed by atoms with van der Waals surface area (Å²) in [4.78, 5) is 5.69. The lowest BCUT2D eigenvalue weighted by Crippen LogP contribution is -2.37. The van der Waals surface area contributed by atoms with Crippen LogP contribution in [-0.4, -0.2) is 22.0 Å². The van der Waals surface area contributed by atoms with Crippen molar-refractivity contribution >= 4 is 22.7 Å². The number of pyridine rings is 1. The molecule has 112 valence electrons. The minimum Gasteiger partial charge on any atom is -0.322 e. The van der Waals surface area contributed by atoms with Gasteiger partial charge in [0, 0.05) is 25.0 Å². The molecule has 2 aromatic heterocycles. The average Bonchev–Trinajstić information content (AvgIpc) is 3.17. The van der Waals surface area contributed by atoms with Crippen LogP contribution < -0.4 is 11.3 Å². The molecule has 0 spiro atoms. The number of nitrogens with zero attached hydrogens (tertiary/aromatic N) is 3. The second-order valence-corrected chi connectivity index (χ2v) is 6.34. The van der Waals surface area contributed by atoms with Crippen LogP contribution in [0.3, 0.4) is 0 Å². The van der Waals surface area contributed by atoms with E-state index in [-0.39, 0.29) is 6.04 Å². The molecule has 0 radical (unpaired) electrons. The standard InChI is InChI=1S/C16H17N5S/c1-20-14(15-5-3-9-22-15)10-21(19-20)13-7-6-12(17)16-11(13)4-2-8-18-16/h2-5,7-10,12,19H,6,17H2,1H3. The van der Waals surface area contributed by atoms with E-state index in [1.54, 1.807) is 17.5 Å². The third-order valence-electron chi connectivity index (χ3n) is 3.93. The predicted octanol–water partition coefficient (Wildman–Crippen LogP) is 2.55. The predicted molar refractivity (Wildman–Crippen MR) is 88.8 cm³/mol. The van der Waals surface area contributed by atoms with Gasteiger partial charge in [0.25, 0.3) is 0 Å². The Hall–Kier alpha value is -2.15. The fourth-order valence-electron chi connectivity index (χ4n) is 2.85. The summed E-state index contributed by atoms with van der Waals surface area (Å²) in [5, 5.41) is 6.16. The minimum absolute atomic E-state index is 0.0268. The molecule has 1 atom stereocenters. The van der Waals surface area contributed by atoms with Crippen LogP contribution in [0.15, 0.2) is 48.1 Å². The number of aromatic nitrogens is 1. The van der Waals surface area contributed by atoms with Crippen molar-refractivity contribution in [3.05, 3.63) is 64.3 Å². The lowest BCUT2D eigenvalue weighted by Gasteiger charge is -2.28. The first-order chi connectivity index (χ1) is 10.7. The van der Waals surface area contributed by atoms with Crippen molar-refractivity contribution in [1.29, 1.82) is 0 Å². The summed E-state index contributed by atoms with van der Waals surface area (Å²) in [5.41, 5.74) is 13.8. The van der Waals surface area contributed by atoms with Crippen LogP contribution in [0, 0.1) is 0 Å². The maximum Gasteiger partial charge on any atom is 0.0884 e. The largest absolute Gasteiger partial charge is 0.322 e. The number of nitrogens with one attached hydrogen (secondary N) is 1. The monoisotopic (exact) mass is 311 g/mol. The Kier molecular flexibility index (Phi) is 3.22. The van der Waals surface area contributed by atoms with E-state index in [4.69, 9.17) is 5.73 Å². The van der Waals surface area contributed by atoms with E-state index in [0.717, 1.165) is 29.1 Å². The first-order valence-electron chi connectivity index (χ1n) is 7.20. The summed E-state index contributed by atoms with van der Waals surface area (Å²) < 4.78 is 0. The SMILES string of the molecule is CN1NN(C2=CCC(N)c3ncccc32)C=C1c1cccs1. The number of thiophene rings is 1. The number of hydrazine groups is 2. The van der Waals surface area contributed by atoms with Gasteiger partial charge in [-0.05, 0) is 30.0 Å². The molecule has 0 fully saturated rings. The van der Waals surface area contributed by atoms with Crippen molar-refractivity contribution in [3.63, 3.8) is 0 Å². The van der Waals surface area contributed by atoms with E-state index in [0.29, 0.717) is 0 Å². The second kappa shape index (κ2) is 5.24. The van der Waals surface area contributed by atoms with Crippen LogP contribution in [0.4, 0.5) is 0 Å². The molecule has 6 heteroatoms. The van der Waals surface area contributed by atoms with Gasteiger partial charge < -0.3 is 5.73 Å². The number of rotatable bonds is 2. The van der Waals surface area contributed by atoms with E-state index >= 15 is 0 Å². The van der Waals surface area contributed by atoms with Crippen LogP contribution in [0.25, 0.3) is 11.4 Å². The highest BCUT2D eigenvalue weighted by molar-refractivity contribution is 7.11. The Bertz CT molecular complexity index is 750. The molecule has 0 aromatic carbocycles. The molecular weight excluding hydrogens is 294 g/mol. The van der Waals surface area contributed by atoms with Crippen LogP contribution in [0.1, 0.15) is 28.6 Å². The van der Waals surface area contributed by atoms with Crippen LogP contribution in [0.2, 0.25) is 0 Å². The van der Waals surface area contributed by atoms with Crippen LogP contribution in [-0.2, 0) is 0 Å². The van der Waals surface area contributed by atoms with Crippen LogP contribution >= 0.6 is 11.3 Å². The highest BCUT2D eigenvalue weighted by Gasteiger charge is 2.27. The van der Waals surface area contributed by atoms with Gasteiger partial charge in [-0.3, -0.25) is 15.0 Å². The molecule has 2 aromatic rings. The second-order valence-electron chi connectivity index (χ2n) is 5.39. The normalized spacial score (nSPS) is 20.7. The Morgan fingerprint density at radius 1 is 1.32 bits per heavy atom. The fourth-order valence-corrected chi connectivity index (χ4v) is 3.62. The van der Waals surface area contributed by atoms with Crippen molar-refractivity contribution in [1.82, 2.24) is 20.5 Å². The highest BCUT2D eigenvalue weighted by Crippen LogP contribution is 2.35. The van der Waals surface area contributed by atoms with Gasteiger partial charge in [0.1, 0.15) is 0 Å². The van der Waals surface area contributed by atoms with Gasteiger partial charge in [0.15, 0.2) is 0 Å². The first-order valence-corrected chi connectivity index (χ1v) is 8.08. The van der Waals surface area contributed by atoms with Gasteiger partial charge in [-0.25, -0.2) is 0 Å². The summed E-state index contributed by atoms with van der Waals surface area (Å²) in [5.74, 6) is 0. The van der Waals surface area contributed by atoms with Crippen molar-refractivity contribution in [2.45, 2.75) is 12.5 Å². The maximum absolute atomic E-state index is 6.17. The molecule has 3 N–H and O–H groups in total. The number of hydrogen-bond acceptors (Lipinski definition) is 6. The van der Waals surface area contributed by atoms with Crippen molar-refractivity contribution in [2.24, 2.45) is 5.73 Å². The average molecular weight is 311 g/mol. The molecule has 0 bridgehead atoms. The molecule has 0 saturated carbocycles. The maximum atomic E-state index is 6.17. The van der Waals surface area contributed by atoms with Gasteiger partial charge in [-0.1, -0.05) is 12.1 Å². The van der Waals surface area contributed by atoms with Gasteiger partial charge in [0.05, 0.1) is 28.0 Å². The lowest BCUT2D eigenvalue weighted by molar-refractivity contribution is 0.230. The topological polar surface area (TPSA) is 57.4 Å². The van der Waals surface area contributed by atoms with E-state index in [9.17, 15) is 0 Å². The molecule has 0 amide bonds. The summed E-state index contributed by atoms with van der Waals surface area (Å²) in [6, 6.07) is 8.19. The first kappa shape index (κ1) is 13.5. The molecule has 2 aliphatic rings. The fraction of sp³-hybridized carbons (Fsp3) is 0.188. The summed E-state index contributed by atoms with van der Waals surface area (Å²) in [6.07, 6.45) is 6.89. The molecule has 3 heterocycles. The number of fused-ring (bicyclic) bond motifs is 1. The van der Waals surface area contributed by atoms with Crippen molar-refractivity contribution < 1.29 is 0 Å². The Morgan fingerprint density at radius 2 is 2.23 bits per heavy atom. The molecule has 1 aliphatic heterocycles. The highest BCUT2D eigenvalue weighted by atomic mass is 32.1. The Labute approximate surface area is 133 Å². The molecule has 1 aliphatic carbocycles. The van der Waals surface area contributed by atoms with Gasteiger partial charge in [-0.2, -0.15) is 0 Å². The number of hydrogen-bond donors (Lipinski definition) is 2. The van der Waals surface area contributed by atoms with Crippen molar-refractivity contribution in [2.75, 3.05) is 7.05 Å². The third kappa shape index (κ3) is 2.12. The summed E-state index contributed by atoms with van der Waals surface area (Å²) >= 11 is 1.73. The third-order valence-corrected chi connectivity index (χ3v) is 4.83. The zero-order valence-corrected chi connectivity index (χ0v) is 13.0. The molecule has 4 rings (SSSR count). The molecule has 0 saturated heterocycles. The zero-order chi connectivity index (χ0) is 15.1. The van der Waals surface area contributed by atoms with Gasteiger partial charge >= 0.3 is 0 Å². The smallest absolute Gasteiger partial charge is 0.0884 e. The quantitative estimate of drug-likeness (QED) is 0.892. The van der Waals surface area contributed by atoms with Gasteiger partial charge in [0.2, 0.25) is 0 Å². The summed E-state index contributed by atoms with van der Waals surface area (Å²) in [7, 11) is 2.02. The lowest BCUT2D eigenvalue weighted by atomic mass is 9.95. The molecule has 1 unspecified atom stereocenters. The Morgan fingerprint density at radius 3 is 3.05 bits per heavy atom. The van der Waals surface area contributed by atoms with Crippen LogP contribution in [0.5, 0.6) is 0 Å². The van der Waals surface area contributed by atoms with Crippen molar-refractivity contribution in [3.8, 4) is 0 Å². The zero-order valence-electron chi connectivity index (χ0n) is 12.2.